The van der Waals surface area contributed by atoms with E-state index in [0.29, 0.717) is 23.6 Å². The van der Waals surface area contributed by atoms with Gasteiger partial charge in [-0.25, -0.2) is 0 Å². The van der Waals surface area contributed by atoms with Crippen molar-refractivity contribution in [3.63, 3.8) is 0 Å². The zero-order chi connectivity index (χ0) is 21.1. The third-order valence-corrected chi connectivity index (χ3v) is 4.96. The summed E-state index contributed by atoms with van der Waals surface area (Å²) in [5.74, 6) is -0.410. The fourth-order valence-corrected chi connectivity index (χ4v) is 3.58. The molecule has 0 radical (unpaired) electrons. The highest BCUT2D eigenvalue weighted by Gasteiger charge is 2.17. The second kappa shape index (κ2) is 8.25. The fourth-order valence-electron chi connectivity index (χ4n) is 3.58. The van der Waals surface area contributed by atoms with Gasteiger partial charge in [0.05, 0.1) is 11.4 Å². The first-order chi connectivity index (χ1) is 14.5. The highest BCUT2D eigenvalue weighted by molar-refractivity contribution is 6.08. The molecule has 2 N–H and O–H groups in total. The lowest BCUT2D eigenvalue weighted by Crippen LogP contribution is -2.19. The molecule has 5 heteroatoms. The number of carbonyl (C=O) groups is 2. The van der Waals surface area contributed by atoms with Gasteiger partial charge in [0.1, 0.15) is 5.69 Å². The first-order valence-corrected chi connectivity index (χ1v) is 9.83. The number of rotatable bonds is 5. The molecule has 0 saturated heterocycles. The normalized spacial score (nSPS) is 10.7. The lowest BCUT2D eigenvalue weighted by atomic mass is 10.2. The molecule has 3 aromatic carbocycles. The molecule has 0 aliphatic heterocycles. The van der Waals surface area contributed by atoms with Crippen LogP contribution in [-0.2, 0) is 11.3 Å². The quantitative estimate of drug-likeness (QED) is 0.486. The van der Waals surface area contributed by atoms with Crippen molar-refractivity contribution in [2.45, 2.75) is 20.4 Å². The number of hydrogen-bond acceptors (Lipinski definition) is 2. The SMILES string of the molecule is CC(=O)Nc1ccc(C)cc1NC(=O)c1cc2ccccc2n1Cc1ccccc1. The molecule has 0 bridgehead atoms. The summed E-state index contributed by atoms with van der Waals surface area (Å²) in [5, 5.41) is 6.77. The number of nitrogens with one attached hydrogen (secondary N) is 2. The highest BCUT2D eigenvalue weighted by atomic mass is 16.2. The molecule has 0 atom stereocenters. The molecule has 1 heterocycles. The third kappa shape index (κ3) is 4.10. The zero-order valence-corrected chi connectivity index (χ0v) is 17.0. The van der Waals surface area contributed by atoms with Crippen LogP contribution in [-0.4, -0.2) is 16.4 Å². The van der Waals surface area contributed by atoms with Gasteiger partial charge in [0.25, 0.3) is 5.91 Å². The van der Waals surface area contributed by atoms with Crippen LogP contribution in [0.5, 0.6) is 0 Å². The molecule has 4 rings (SSSR count). The van der Waals surface area contributed by atoms with Crippen LogP contribution in [0.3, 0.4) is 0 Å². The molecule has 0 aliphatic carbocycles. The summed E-state index contributed by atoms with van der Waals surface area (Å²) in [6, 6.07) is 25.5. The molecule has 5 nitrogen and oxygen atoms in total. The van der Waals surface area contributed by atoms with Crippen LogP contribution in [0.15, 0.2) is 78.9 Å². The molecule has 30 heavy (non-hydrogen) atoms. The first kappa shape index (κ1) is 19.5. The van der Waals surface area contributed by atoms with Crippen LogP contribution in [0.2, 0.25) is 0 Å². The van der Waals surface area contributed by atoms with E-state index in [4.69, 9.17) is 0 Å². The van der Waals surface area contributed by atoms with Crippen molar-refractivity contribution >= 4 is 34.1 Å². The molecule has 1 aromatic heterocycles. The maximum Gasteiger partial charge on any atom is 0.272 e. The Labute approximate surface area is 175 Å². The predicted octanol–water partition coefficient (Wildman–Crippen LogP) is 5.21. The minimum Gasteiger partial charge on any atom is -0.332 e. The molecule has 0 spiro atoms. The topological polar surface area (TPSA) is 63.1 Å². The average molecular weight is 397 g/mol. The van der Waals surface area contributed by atoms with Crippen molar-refractivity contribution in [1.29, 1.82) is 0 Å². The minimum atomic E-state index is -0.223. The van der Waals surface area contributed by atoms with Gasteiger partial charge in [-0.2, -0.15) is 0 Å². The summed E-state index contributed by atoms with van der Waals surface area (Å²) in [5.41, 5.74) is 4.82. The van der Waals surface area contributed by atoms with Gasteiger partial charge in [-0.05, 0) is 42.3 Å². The molecular weight excluding hydrogens is 374 g/mol. The van der Waals surface area contributed by atoms with Crippen LogP contribution >= 0.6 is 0 Å². The monoisotopic (exact) mass is 397 g/mol. The summed E-state index contributed by atoms with van der Waals surface area (Å²) in [6.07, 6.45) is 0. The summed E-state index contributed by atoms with van der Waals surface area (Å²) >= 11 is 0. The zero-order valence-electron chi connectivity index (χ0n) is 17.0. The number of anilines is 2. The number of fused-ring (bicyclic) bond motifs is 1. The van der Waals surface area contributed by atoms with Crippen LogP contribution in [0.1, 0.15) is 28.5 Å². The van der Waals surface area contributed by atoms with Gasteiger partial charge >= 0.3 is 0 Å². The Morgan fingerprint density at radius 3 is 2.33 bits per heavy atom. The van der Waals surface area contributed by atoms with Crippen molar-refractivity contribution in [3.05, 3.63) is 95.7 Å². The van der Waals surface area contributed by atoms with Crippen molar-refractivity contribution in [1.82, 2.24) is 4.57 Å². The Bertz CT molecular complexity index is 1230. The van der Waals surface area contributed by atoms with E-state index in [2.05, 4.69) is 10.6 Å². The maximum atomic E-state index is 13.3. The fraction of sp³-hybridized carbons (Fsp3) is 0.120. The Kier molecular flexibility index (Phi) is 5.35. The number of aromatic nitrogens is 1. The number of para-hydroxylation sites is 1. The number of amides is 2. The predicted molar refractivity (Wildman–Crippen MR) is 121 cm³/mol. The van der Waals surface area contributed by atoms with E-state index >= 15 is 0 Å². The number of carbonyl (C=O) groups excluding carboxylic acids is 2. The van der Waals surface area contributed by atoms with E-state index in [1.807, 2.05) is 84.3 Å². The number of benzene rings is 3. The molecule has 0 fully saturated rings. The molecule has 2 amide bonds. The lowest BCUT2D eigenvalue weighted by Gasteiger charge is -2.14. The number of aryl methyl sites for hydroxylation is 1. The molecule has 0 saturated carbocycles. The van der Waals surface area contributed by atoms with Gasteiger partial charge in [-0.15, -0.1) is 0 Å². The maximum absolute atomic E-state index is 13.3. The first-order valence-electron chi connectivity index (χ1n) is 9.83. The Balaban J connectivity index is 1.73. The molecule has 0 unspecified atom stereocenters. The van der Waals surface area contributed by atoms with E-state index in [9.17, 15) is 9.59 Å². The lowest BCUT2D eigenvalue weighted by molar-refractivity contribution is -0.114. The molecular formula is C25H23N3O2. The van der Waals surface area contributed by atoms with Crippen molar-refractivity contribution in [2.24, 2.45) is 0 Å². The number of hydrogen-bond donors (Lipinski definition) is 2. The van der Waals surface area contributed by atoms with Crippen LogP contribution in [0.4, 0.5) is 11.4 Å². The van der Waals surface area contributed by atoms with E-state index in [-0.39, 0.29) is 11.8 Å². The van der Waals surface area contributed by atoms with Crippen LogP contribution in [0, 0.1) is 6.92 Å². The van der Waals surface area contributed by atoms with Gasteiger partial charge in [0.2, 0.25) is 5.91 Å². The van der Waals surface area contributed by atoms with Crippen molar-refractivity contribution in [2.75, 3.05) is 10.6 Å². The van der Waals surface area contributed by atoms with Gasteiger partial charge in [0, 0.05) is 24.4 Å². The van der Waals surface area contributed by atoms with E-state index in [0.717, 1.165) is 22.0 Å². The van der Waals surface area contributed by atoms with Gasteiger partial charge in [0.15, 0.2) is 0 Å². The molecule has 150 valence electrons. The summed E-state index contributed by atoms with van der Waals surface area (Å²) in [7, 11) is 0. The van der Waals surface area contributed by atoms with Crippen molar-refractivity contribution < 1.29 is 9.59 Å². The average Bonchev–Trinajstić information content (AvgIpc) is 3.09. The van der Waals surface area contributed by atoms with Gasteiger partial charge < -0.3 is 15.2 Å². The second-order valence-corrected chi connectivity index (χ2v) is 7.34. The van der Waals surface area contributed by atoms with E-state index < -0.39 is 0 Å². The van der Waals surface area contributed by atoms with E-state index in [1.54, 1.807) is 6.07 Å². The summed E-state index contributed by atoms with van der Waals surface area (Å²) in [6.45, 7) is 3.98. The molecule has 0 aliphatic rings. The van der Waals surface area contributed by atoms with Gasteiger partial charge in [-0.3, -0.25) is 9.59 Å². The van der Waals surface area contributed by atoms with Gasteiger partial charge in [-0.1, -0.05) is 54.6 Å². The van der Waals surface area contributed by atoms with E-state index in [1.165, 1.54) is 6.92 Å². The van der Waals surface area contributed by atoms with Crippen LogP contribution in [0.25, 0.3) is 10.9 Å². The largest absolute Gasteiger partial charge is 0.332 e. The van der Waals surface area contributed by atoms with Crippen LogP contribution < -0.4 is 10.6 Å². The summed E-state index contributed by atoms with van der Waals surface area (Å²) in [4.78, 5) is 24.9. The number of nitrogens with zero attached hydrogens (tertiary/aromatic N) is 1. The Morgan fingerprint density at radius 1 is 0.833 bits per heavy atom. The summed E-state index contributed by atoms with van der Waals surface area (Å²) < 4.78 is 2.02. The highest BCUT2D eigenvalue weighted by Crippen LogP contribution is 2.26. The van der Waals surface area contributed by atoms with Crippen molar-refractivity contribution in [3.8, 4) is 0 Å². The third-order valence-electron chi connectivity index (χ3n) is 4.96. The smallest absolute Gasteiger partial charge is 0.272 e. The standard InChI is InChI=1S/C25H23N3O2/c1-17-12-13-21(26-18(2)29)22(14-17)27-25(30)24-15-20-10-6-7-11-23(20)28(24)16-19-8-4-3-5-9-19/h3-15H,16H2,1-2H3,(H,26,29)(H,27,30). The minimum absolute atomic E-state index is 0.187. The Hall–Kier alpha value is -3.86. The Morgan fingerprint density at radius 2 is 1.57 bits per heavy atom. The molecule has 4 aromatic rings. The second-order valence-electron chi connectivity index (χ2n) is 7.34.